The number of nitrogens with one attached hydrogen (secondary N) is 2. The summed E-state index contributed by atoms with van der Waals surface area (Å²) in [4.78, 5) is 20.5. The Morgan fingerprint density at radius 2 is 2.37 bits per heavy atom. The standard InChI is InChI=1S/C13H15N5O/c19-13(17-10-4-8-3-9(10)15-6-8)11-5-12-14-1-2-18(12)7-16-11/h1-2,5,7-10,15H,3-4,6H2,(H,17,19)/t8-,9-,10+/m0/s1. The molecule has 2 fully saturated rings. The molecule has 6 heteroatoms. The van der Waals surface area contributed by atoms with Crippen molar-refractivity contribution in [2.24, 2.45) is 5.92 Å². The highest BCUT2D eigenvalue weighted by Crippen LogP contribution is 2.31. The number of nitrogens with zero attached hydrogens (tertiary/aromatic N) is 3. The molecule has 3 heterocycles. The Bertz CT molecular complexity index is 637. The van der Waals surface area contributed by atoms with Crippen LogP contribution in [-0.4, -0.2) is 38.9 Å². The average Bonchev–Trinajstić information content (AvgIpc) is 3.13. The number of rotatable bonds is 2. The monoisotopic (exact) mass is 257 g/mol. The van der Waals surface area contributed by atoms with Crippen molar-refractivity contribution in [1.82, 2.24) is 25.0 Å². The lowest BCUT2D eigenvalue weighted by molar-refractivity contribution is 0.0923. The van der Waals surface area contributed by atoms with Gasteiger partial charge in [-0.15, -0.1) is 0 Å². The molecule has 98 valence electrons. The molecular formula is C13H15N5O. The lowest BCUT2D eigenvalue weighted by atomic mass is 10.1. The molecule has 1 aliphatic carbocycles. The van der Waals surface area contributed by atoms with Crippen LogP contribution in [0.2, 0.25) is 0 Å². The molecule has 2 aromatic heterocycles. The molecule has 1 saturated heterocycles. The molecular weight excluding hydrogens is 242 g/mol. The van der Waals surface area contributed by atoms with Crippen LogP contribution in [0.4, 0.5) is 0 Å². The summed E-state index contributed by atoms with van der Waals surface area (Å²) in [6.07, 6.45) is 7.38. The molecule has 0 spiro atoms. The van der Waals surface area contributed by atoms with Crippen LogP contribution >= 0.6 is 0 Å². The molecule has 0 aromatic carbocycles. The highest BCUT2D eigenvalue weighted by molar-refractivity contribution is 5.93. The number of aromatic nitrogens is 3. The summed E-state index contributed by atoms with van der Waals surface area (Å²) in [6, 6.07) is 2.39. The van der Waals surface area contributed by atoms with Crippen LogP contribution in [0.1, 0.15) is 23.3 Å². The zero-order valence-corrected chi connectivity index (χ0v) is 10.4. The molecule has 0 unspecified atom stereocenters. The Morgan fingerprint density at radius 1 is 1.42 bits per heavy atom. The predicted octanol–water partition coefficient (Wildman–Crippen LogP) is 0.209. The van der Waals surface area contributed by atoms with Gasteiger partial charge in [-0.25, -0.2) is 9.97 Å². The topological polar surface area (TPSA) is 71.3 Å². The first-order valence-electron chi connectivity index (χ1n) is 6.62. The summed E-state index contributed by atoms with van der Waals surface area (Å²) in [6.45, 7) is 1.09. The van der Waals surface area contributed by atoms with E-state index in [1.165, 1.54) is 6.42 Å². The van der Waals surface area contributed by atoms with Crippen LogP contribution in [0.5, 0.6) is 0 Å². The SMILES string of the molecule is O=C(N[C@@H]1C[C@H]2CN[C@H]1C2)c1cc2nccn2cn1. The number of amides is 1. The zero-order valence-electron chi connectivity index (χ0n) is 10.4. The molecule has 1 aliphatic heterocycles. The van der Waals surface area contributed by atoms with Gasteiger partial charge < -0.3 is 10.6 Å². The summed E-state index contributed by atoms with van der Waals surface area (Å²) in [5.74, 6) is 0.614. The molecule has 3 atom stereocenters. The molecule has 6 nitrogen and oxygen atoms in total. The van der Waals surface area contributed by atoms with E-state index >= 15 is 0 Å². The van der Waals surface area contributed by atoms with Gasteiger partial charge in [-0.2, -0.15) is 0 Å². The maximum atomic E-state index is 12.2. The van der Waals surface area contributed by atoms with E-state index in [0.717, 1.165) is 24.5 Å². The van der Waals surface area contributed by atoms with E-state index in [-0.39, 0.29) is 11.9 Å². The minimum absolute atomic E-state index is 0.107. The van der Waals surface area contributed by atoms with Crippen molar-refractivity contribution in [3.05, 3.63) is 30.5 Å². The van der Waals surface area contributed by atoms with Gasteiger partial charge in [0.05, 0.1) is 0 Å². The number of carbonyl (C=O) groups is 1. The van der Waals surface area contributed by atoms with E-state index in [1.807, 2.05) is 6.20 Å². The van der Waals surface area contributed by atoms with Gasteiger partial charge in [0.15, 0.2) is 0 Å². The fourth-order valence-electron chi connectivity index (χ4n) is 3.20. The Balaban J connectivity index is 1.53. The lowest BCUT2D eigenvalue weighted by Gasteiger charge is -2.23. The van der Waals surface area contributed by atoms with Crippen molar-refractivity contribution in [3.8, 4) is 0 Å². The number of imidazole rings is 1. The third-order valence-corrected chi connectivity index (χ3v) is 4.16. The van der Waals surface area contributed by atoms with Gasteiger partial charge in [0.1, 0.15) is 17.7 Å². The first-order valence-corrected chi connectivity index (χ1v) is 6.62. The van der Waals surface area contributed by atoms with Gasteiger partial charge in [-0.3, -0.25) is 9.20 Å². The Labute approximate surface area is 110 Å². The third kappa shape index (κ3) is 1.79. The van der Waals surface area contributed by atoms with Crippen molar-refractivity contribution in [3.63, 3.8) is 0 Å². The van der Waals surface area contributed by atoms with Crippen molar-refractivity contribution in [2.75, 3.05) is 6.54 Å². The van der Waals surface area contributed by atoms with Crippen molar-refractivity contribution >= 4 is 11.6 Å². The molecule has 2 aromatic rings. The van der Waals surface area contributed by atoms with E-state index in [4.69, 9.17) is 0 Å². The summed E-state index contributed by atoms with van der Waals surface area (Å²) >= 11 is 0. The van der Waals surface area contributed by atoms with Gasteiger partial charge >= 0.3 is 0 Å². The van der Waals surface area contributed by atoms with Crippen LogP contribution in [0, 0.1) is 5.92 Å². The van der Waals surface area contributed by atoms with Crippen LogP contribution in [0.15, 0.2) is 24.8 Å². The first kappa shape index (κ1) is 10.9. The molecule has 19 heavy (non-hydrogen) atoms. The van der Waals surface area contributed by atoms with E-state index < -0.39 is 0 Å². The van der Waals surface area contributed by atoms with E-state index in [0.29, 0.717) is 11.7 Å². The Morgan fingerprint density at radius 3 is 3.16 bits per heavy atom. The second-order valence-corrected chi connectivity index (χ2v) is 5.40. The van der Waals surface area contributed by atoms with Crippen LogP contribution in [0.3, 0.4) is 0 Å². The number of piperidine rings is 1. The molecule has 2 aliphatic rings. The largest absolute Gasteiger partial charge is 0.346 e. The van der Waals surface area contributed by atoms with Gasteiger partial charge in [0, 0.05) is 30.5 Å². The molecule has 2 N–H and O–H groups in total. The Kier molecular flexibility index (Phi) is 2.32. The minimum atomic E-state index is -0.107. The highest BCUT2D eigenvalue weighted by Gasteiger charge is 2.40. The van der Waals surface area contributed by atoms with Gasteiger partial charge in [0.2, 0.25) is 0 Å². The second-order valence-electron chi connectivity index (χ2n) is 5.40. The number of hydrogen-bond acceptors (Lipinski definition) is 4. The predicted molar refractivity (Wildman–Crippen MR) is 68.8 cm³/mol. The zero-order chi connectivity index (χ0) is 12.8. The molecule has 1 amide bonds. The fraction of sp³-hybridized carbons (Fsp3) is 0.462. The molecule has 0 radical (unpaired) electrons. The van der Waals surface area contributed by atoms with Gasteiger partial charge in [-0.1, -0.05) is 0 Å². The van der Waals surface area contributed by atoms with Crippen molar-refractivity contribution < 1.29 is 4.79 Å². The maximum Gasteiger partial charge on any atom is 0.270 e. The quantitative estimate of drug-likeness (QED) is 0.807. The lowest BCUT2D eigenvalue weighted by Crippen LogP contribution is -2.48. The number of hydrogen-bond donors (Lipinski definition) is 2. The van der Waals surface area contributed by atoms with Gasteiger partial charge in [-0.05, 0) is 25.3 Å². The second kappa shape index (κ2) is 4.03. The maximum absolute atomic E-state index is 12.2. The summed E-state index contributed by atoms with van der Waals surface area (Å²) < 4.78 is 1.79. The number of fused-ring (bicyclic) bond motifs is 3. The molecule has 4 rings (SSSR count). The van der Waals surface area contributed by atoms with Crippen LogP contribution in [-0.2, 0) is 0 Å². The normalized spacial score (nSPS) is 28.9. The van der Waals surface area contributed by atoms with Crippen LogP contribution in [0.25, 0.3) is 5.65 Å². The van der Waals surface area contributed by atoms with Crippen LogP contribution < -0.4 is 10.6 Å². The summed E-state index contributed by atoms with van der Waals surface area (Å²) in [5.41, 5.74) is 1.17. The summed E-state index contributed by atoms with van der Waals surface area (Å²) in [5, 5.41) is 6.52. The third-order valence-electron chi connectivity index (χ3n) is 4.16. The van der Waals surface area contributed by atoms with E-state index in [9.17, 15) is 4.79 Å². The molecule has 1 saturated carbocycles. The van der Waals surface area contributed by atoms with Gasteiger partial charge in [0.25, 0.3) is 5.91 Å². The molecule has 2 bridgehead atoms. The van der Waals surface area contributed by atoms with Crippen molar-refractivity contribution in [1.29, 1.82) is 0 Å². The number of carbonyl (C=O) groups excluding carboxylic acids is 1. The highest BCUT2D eigenvalue weighted by atomic mass is 16.2. The Hall–Kier alpha value is -1.95. The van der Waals surface area contributed by atoms with E-state index in [1.54, 1.807) is 23.0 Å². The minimum Gasteiger partial charge on any atom is -0.346 e. The van der Waals surface area contributed by atoms with E-state index in [2.05, 4.69) is 20.6 Å². The average molecular weight is 257 g/mol. The van der Waals surface area contributed by atoms with Crippen molar-refractivity contribution in [2.45, 2.75) is 24.9 Å². The fourth-order valence-corrected chi connectivity index (χ4v) is 3.20. The summed E-state index contributed by atoms with van der Waals surface area (Å²) in [7, 11) is 0. The smallest absolute Gasteiger partial charge is 0.270 e. The first-order chi connectivity index (χ1) is 9.29.